The second-order valence-corrected chi connectivity index (χ2v) is 13.2. The summed E-state index contributed by atoms with van der Waals surface area (Å²) in [5, 5.41) is 4.01. The Morgan fingerprint density at radius 1 is 0.644 bits per heavy atom. The summed E-state index contributed by atoms with van der Waals surface area (Å²) in [7, 11) is 4.06. The average Bonchev–Trinajstić information content (AvgIpc) is 3.35. The number of anilines is 1. The monoisotopic (exact) mass is 654 g/mol. The standard InChI is InChI=1S/C40H35BrN2O2/c1-4-5-6-7-8-9-20-43-39(44)32-18-16-30-34-22-27-21-26(13-10-25-11-14-29(15-12-25)42(2)3)36(41)24-28(27)23-35(34)31-17-19-33(40(43)45)38(32)37(30)31/h11-12,14-19,21-24H,4-9,20H2,1-3H3. The van der Waals surface area contributed by atoms with Crippen LogP contribution in [0.1, 0.15) is 77.3 Å². The molecule has 0 N–H and O–H groups in total. The maximum absolute atomic E-state index is 13.7. The Morgan fingerprint density at radius 3 is 1.82 bits per heavy atom. The minimum absolute atomic E-state index is 0.172. The van der Waals surface area contributed by atoms with Crippen LogP contribution in [0.15, 0.2) is 77.3 Å². The molecule has 1 aliphatic heterocycles. The molecule has 5 heteroatoms. The Hall–Kier alpha value is -4.40. The van der Waals surface area contributed by atoms with Crippen molar-refractivity contribution in [3.8, 4) is 34.1 Å². The zero-order valence-corrected chi connectivity index (χ0v) is 27.6. The Bertz CT molecular complexity index is 2060. The average molecular weight is 656 g/mol. The van der Waals surface area contributed by atoms with E-state index in [1.807, 2.05) is 38.4 Å². The van der Waals surface area contributed by atoms with E-state index < -0.39 is 0 Å². The number of unbranched alkanes of at least 4 members (excludes halogenated alkanes) is 5. The van der Waals surface area contributed by atoms with Gasteiger partial charge in [-0.1, -0.05) is 63.0 Å². The molecule has 0 unspecified atom stereocenters. The van der Waals surface area contributed by atoms with Gasteiger partial charge in [-0.15, -0.1) is 0 Å². The van der Waals surface area contributed by atoms with Crippen LogP contribution in [-0.4, -0.2) is 37.4 Å². The number of carbonyl (C=O) groups is 2. The second-order valence-electron chi connectivity index (χ2n) is 12.4. The molecular formula is C40H35BrN2O2. The van der Waals surface area contributed by atoms with Crippen molar-refractivity contribution in [3.05, 3.63) is 99.5 Å². The Morgan fingerprint density at radius 2 is 1.20 bits per heavy atom. The van der Waals surface area contributed by atoms with Crippen LogP contribution in [0, 0.1) is 11.8 Å². The van der Waals surface area contributed by atoms with Crippen LogP contribution in [0.3, 0.4) is 0 Å². The van der Waals surface area contributed by atoms with Gasteiger partial charge in [-0.2, -0.15) is 0 Å². The summed E-state index contributed by atoms with van der Waals surface area (Å²) in [6.45, 7) is 2.68. The van der Waals surface area contributed by atoms with Gasteiger partial charge in [0, 0.05) is 58.4 Å². The van der Waals surface area contributed by atoms with E-state index in [-0.39, 0.29) is 11.8 Å². The fourth-order valence-electron chi connectivity index (χ4n) is 6.78. The minimum Gasteiger partial charge on any atom is -0.378 e. The molecule has 0 fully saturated rings. The minimum atomic E-state index is -0.172. The summed E-state index contributed by atoms with van der Waals surface area (Å²) in [5.74, 6) is 6.32. The Labute approximate surface area is 273 Å². The number of imide groups is 1. The predicted octanol–water partition coefficient (Wildman–Crippen LogP) is 9.83. The van der Waals surface area contributed by atoms with Crippen LogP contribution in [0.5, 0.6) is 0 Å². The number of hydrogen-bond acceptors (Lipinski definition) is 3. The van der Waals surface area contributed by atoms with E-state index >= 15 is 0 Å². The molecule has 5 aromatic carbocycles. The maximum Gasteiger partial charge on any atom is 0.261 e. The van der Waals surface area contributed by atoms with Crippen LogP contribution >= 0.6 is 15.9 Å². The first-order chi connectivity index (χ1) is 21.9. The molecular weight excluding hydrogens is 620 g/mol. The topological polar surface area (TPSA) is 40.6 Å². The molecule has 7 rings (SSSR count). The predicted molar refractivity (Wildman–Crippen MR) is 189 cm³/mol. The van der Waals surface area contributed by atoms with Gasteiger partial charge < -0.3 is 4.90 Å². The second kappa shape index (κ2) is 11.8. The molecule has 224 valence electrons. The van der Waals surface area contributed by atoms with Gasteiger partial charge >= 0.3 is 0 Å². The highest BCUT2D eigenvalue weighted by molar-refractivity contribution is 9.10. The van der Waals surface area contributed by atoms with E-state index in [0.29, 0.717) is 17.7 Å². The molecule has 45 heavy (non-hydrogen) atoms. The number of hydrogen-bond donors (Lipinski definition) is 0. The summed E-state index contributed by atoms with van der Waals surface area (Å²) in [4.78, 5) is 30.9. The molecule has 2 amide bonds. The van der Waals surface area contributed by atoms with Crippen LogP contribution in [0.25, 0.3) is 43.8 Å². The van der Waals surface area contributed by atoms with Crippen molar-refractivity contribution in [2.75, 3.05) is 25.5 Å². The van der Waals surface area contributed by atoms with Crippen molar-refractivity contribution in [1.29, 1.82) is 0 Å². The zero-order valence-electron chi connectivity index (χ0n) is 26.0. The van der Waals surface area contributed by atoms with Crippen molar-refractivity contribution in [2.45, 2.75) is 45.4 Å². The lowest BCUT2D eigenvalue weighted by atomic mass is 9.90. The maximum atomic E-state index is 13.7. The van der Waals surface area contributed by atoms with Gasteiger partial charge in [-0.3, -0.25) is 14.5 Å². The van der Waals surface area contributed by atoms with E-state index in [1.54, 1.807) is 0 Å². The lowest BCUT2D eigenvalue weighted by Gasteiger charge is -2.27. The number of amides is 2. The normalized spacial score (nSPS) is 12.9. The van der Waals surface area contributed by atoms with E-state index in [9.17, 15) is 9.59 Å². The van der Waals surface area contributed by atoms with Gasteiger partial charge in [0.05, 0.1) is 0 Å². The highest BCUT2D eigenvalue weighted by Crippen LogP contribution is 2.51. The SMILES string of the molecule is CCCCCCCCN1C(=O)c2ccc3c4c(ccc(c24)C1=O)-c1cc2cc(C#Cc4ccc(N(C)C)cc4)c(Br)cc2cc1-3. The molecule has 0 bridgehead atoms. The van der Waals surface area contributed by atoms with Crippen LogP contribution < -0.4 is 4.90 Å². The Balaban J connectivity index is 1.23. The quantitative estimate of drug-likeness (QED) is 0.0932. The molecule has 5 aromatic rings. The number of fused-ring (bicyclic) bond motifs is 4. The Kier molecular flexibility index (Phi) is 7.71. The van der Waals surface area contributed by atoms with Gasteiger partial charge in [0.1, 0.15) is 0 Å². The first-order valence-corrected chi connectivity index (χ1v) is 16.7. The van der Waals surface area contributed by atoms with Crippen LogP contribution in [0.4, 0.5) is 5.69 Å². The molecule has 1 heterocycles. The van der Waals surface area contributed by atoms with E-state index in [1.165, 1.54) is 24.2 Å². The lowest BCUT2D eigenvalue weighted by Crippen LogP contribution is -2.40. The smallest absolute Gasteiger partial charge is 0.261 e. The third-order valence-corrected chi connectivity index (χ3v) is 9.87. The molecule has 1 aliphatic carbocycles. The van der Waals surface area contributed by atoms with Gasteiger partial charge in [0.2, 0.25) is 0 Å². The molecule has 2 aliphatic rings. The van der Waals surface area contributed by atoms with E-state index in [4.69, 9.17) is 0 Å². The van der Waals surface area contributed by atoms with Crippen molar-refractivity contribution in [3.63, 3.8) is 0 Å². The number of halogens is 1. The molecule has 0 atom stereocenters. The van der Waals surface area contributed by atoms with Crippen molar-refractivity contribution >= 4 is 55.0 Å². The summed E-state index contributed by atoms with van der Waals surface area (Å²) < 4.78 is 0.946. The van der Waals surface area contributed by atoms with Crippen molar-refractivity contribution in [1.82, 2.24) is 4.90 Å². The molecule has 4 nitrogen and oxygen atoms in total. The molecule has 0 radical (unpaired) electrons. The van der Waals surface area contributed by atoms with E-state index in [0.717, 1.165) is 84.3 Å². The summed E-state index contributed by atoms with van der Waals surface area (Å²) in [5.41, 5.74) is 8.69. The fraction of sp³-hybridized carbons (Fsp3) is 0.250. The summed E-state index contributed by atoms with van der Waals surface area (Å²) >= 11 is 3.76. The van der Waals surface area contributed by atoms with Crippen molar-refractivity contribution in [2.24, 2.45) is 0 Å². The highest BCUT2D eigenvalue weighted by Gasteiger charge is 2.36. The largest absolute Gasteiger partial charge is 0.378 e. The van der Waals surface area contributed by atoms with Crippen molar-refractivity contribution < 1.29 is 9.59 Å². The molecule has 0 saturated heterocycles. The highest BCUT2D eigenvalue weighted by atomic mass is 79.9. The first kappa shape index (κ1) is 29.3. The number of nitrogens with zero attached hydrogens (tertiary/aromatic N) is 2. The molecule has 0 aromatic heterocycles. The van der Waals surface area contributed by atoms with E-state index in [2.05, 4.69) is 88.1 Å². The van der Waals surface area contributed by atoms with Gasteiger partial charge in [-0.05, 0) is 121 Å². The first-order valence-electron chi connectivity index (χ1n) is 15.9. The molecule has 0 saturated carbocycles. The summed E-state index contributed by atoms with van der Waals surface area (Å²) in [6, 6.07) is 24.9. The van der Waals surface area contributed by atoms with Crippen LogP contribution in [-0.2, 0) is 0 Å². The van der Waals surface area contributed by atoms with Gasteiger partial charge in [-0.25, -0.2) is 0 Å². The van der Waals surface area contributed by atoms with Crippen LogP contribution in [0.2, 0.25) is 0 Å². The fourth-order valence-corrected chi connectivity index (χ4v) is 7.24. The lowest BCUT2D eigenvalue weighted by molar-refractivity contribution is 0.0607. The summed E-state index contributed by atoms with van der Waals surface area (Å²) in [6.07, 6.45) is 6.67. The zero-order chi connectivity index (χ0) is 31.2. The van der Waals surface area contributed by atoms with Gasteiger partial charge in [0.15, 0.2) is 0 Å². The number of carbonyl (C=O) groups excluding carboxylic acids is 2. The number of benzene rings is 5. The third kappa shape index (κ3) is 5.12. The third-order valence-electron chi connectivity index (χ3n) is 9.22. The van der Waals surface area contributed by atoms with Gasteiger partial charge in [0.25, 0.3) is 11.8 Å². The number of rotatable bonds is 8. The molecule has 0 spiro atoms.